The summed E-state index contributed by atoms with van der Waals surface area (Å²) < 4.78 is 13.0. The Labute approximate surface area is 255 Å². The van der Waals surface area contributed by atoms with Gasteiger partial charge in [-0.2, -0.15) is 0 Å². The van der Waals surface area contributed by atoms with Crippen molar-refractivity contribution in [1.82, 2.24) is 14.5 Å². The van der Waals surface area contributed by atoms with Crippen molar-refractivity contribution < 1.29 is 24.2 Å². The number of aliphatic hydroxyl groups excluding tert-OH is 1. The lowest BCUT2D eigenvalue weighted by atomic mass is 10.0. The smallest absolute Gasteiger partial charge is 0.419 e. The van der Waals surface area contributed by atoms with Crippen molar-refractivity contribution in [2.75, 3.05) is 32.6 Å². The second-order valence-electron chi connectivity index (χ2n) is 10.9. The lowest BCUT2D eigenvalue weighted by Gasteiger charge is -2.21. The van der Waals surface area contributed by atoms with Crippen molar-refractivity contribution in [3.8, 4) is 11.5 Å². The van der Waals surface area contributed by atoms with Gasteiger partial charge in [0.15, 0.2) is 5.75 Å². The highest BCUT2D eigenvalue weighted by Gasteiger charge is 2.22. The third-order valence-corrected chi connectivity index (χ3v) is 7.58. The minimum atomic E-state index is -0.780. The topological polar surface area (TPSA) is 114 Å². The molecule has 10 heteroatoms. The van der Waals surface area contributed by atoms with E-state index < -0.39 is 18.7 Å². The average molecular weight is 597 g/mol. The largest absolute Gasteiger partial charge is 0.424 e. The van der Waals surface area contributed by atoms with Gasteiger partial charge in [-0.1, -0.05) is 43.7 Å². The Morgan fingerprint density at radius 1 is 0.909 bits per heavy atom. The number of rotatable bonds is 10. The molecule has 0 radical (unpaired) electrons. The highest BCUT2D eigenvalue weighted by atomic mass is 16.6. The number of pyridine rings is 2. The molecule has 5 aromatic rings. The first kappa shape index (κ1) is 30.7. The highest BCUT2D eigenvalue weighted by Crippen LogP contribution is 2.34. The molecule has 0 aliphatic heterocycles. The van der Waals surface area contributed by atoms with Crippen LogP contribution in [-0.4, -0.2) is 59.3 Å². The molecule has 0 saturated heterocycles. The fourth-order valence-corrected chi connectivity index (χ4v) is 5.19. The number of esters is 1. The van der Waals surface area contributed by atoms with Gasteiger partial charge in [-0.15, -0.1) is 0 Å². The average Bonchev–Trinajstić information content (AvgIpc) is 3.03. The van der Waals surface area contributed by atoms with Crippen LogP contribution in [0.2, 0.25) is 0 Å². The molecule has 0 atom stereocenters. The highest BCUT2D eigenvalue weighted by molar-refractivity contribution is 6.14. The number of hydrogen-bond acceptors (Lipinski definition) is 8. The van der Waals surface area contributed by atoms with Gasteiger partial charge in [-0.25, -0.2) is 4.79 Å². The Balaban J connectivity index is 1.58. The molecule has 44 heavy (non-hydrogen) atoms. The van der Waals surface area contributed by atoms with E-state index in [-0.39, 0.29) is 23.5 Å². The van der Waals surface area contributed by atoms with E-state index in [9.17, 15) is 19.5 Å². The predicted molar refractivity (Wildman–Crippen MR) is 172 cm³/mol. The molecule has 10 nitrogen and oxygen atoms in total. The summed E-state index contributed by atoms with van der Waals surface area (Å²) in [6.45, 7) is 2.61. The lowest BCUT2D eigenvalue weighted by molar-refractivity contribution is -0.134. The summed E-state index contributed by atoms with van der Waals surface area (Å²) in [6, 6.07) is 17.5. The van der Waals surface area contributed by atoms with Crippen LogP contribution in [0.1, 0.15) is 31.7 Å². The van der Waals surface area contributed by atoms with Crippen molar-refractivity contribution in [2.45, 2.75) is 39.3 Å². The number of anilines is 1. The molecule has 2 aromatic heterocycles. The number of fused-ring (bicyclic) bond motifs is 5. The number of benzene rings is 3. The Morgan fingerprint density at radius 2 is 1.66 bits per heavy atom. The first-order valence-corrected chi connectivity index (χ1v) is 14.6. The van der Waals surface area contributed by atoms with E-state index >= 15 is 0 Å². The fourth-order valence-electron chi connectivity index (χ4n) is 5.19. The Bertz CT molecular complexity index is 1920. The molecule has 228 valence electrons. The number of aromatic nitrogens is 2. The molecule has 5 rings (SSSR count). The molecule has 0 fully saturated rings. The van der Waals surface area contributed by atoms with Gasteiger partial charge in [0.1, 0.15) is 5.75 Å². The van der Waals surface area contributed by atoms with E-state index in [1.54, 1.807) is 41.1 Å². The summed E-state index contributed by atoms with van der Waals surface area (Å²) in [5, 5.41) is 12.8. The molecule has 2 heterocycles. The molecule has 3 aromatic carbocycles. The van der Waals surface area contributed by atoms with Crippen LogP contribution in [0.15, 0.2) is 71.7 Å². The zero-order chi connectivity index (χ0) is 31.4. The summed E-state index contributed by atoms with van der Waals surface area (Å²) >= 11 is 0. The van der Waals surface area contributed by atoms with Gasteiger partial charge in [0.05, 0.1) is 28.7 Å². The molecule has 1 amide bonds. The first-order valence-electron chi connectivity index (χ1n) is 14.6. The summed E-state index contributed by atoms with van der Waals surface area (Å²) in [5.41, 5.74) is 1.95. The van der Waals surface area contributed by atoms with Gasteiger partial charge in [0.25, 0.3) is 5.56 Å². The minimum Gasteiger partial charge on any atom is -0.424 e. The number of aliphatic hydroxyl groups is 1. The van der Waals surface area contributed by atoms with Crippen molar-refractivity contribution in [3.05, 3.63) is 82.8 Å². The normalized spacial score (nSPS) is 11.4. The van der Waals surface area contributed by atoms with Gasteiger partial charge in [-0.3, -0.25) is 19.5 Å². The standard InChI is InChI=1S/C34H36N4O6/c1-5-6-15-31(40)43-29-14-10-9-13-28(29)37(4)34(42)44-30-19-25-24(18-22(30)21-39)26-20-35-27-12-8-7-11-23(27)32(26)38(33(25)41)17-16-36(2)3/h7-14,18-20,39H,5-6,15-17,21H2,1-4H3. The van der Waals surface area contributed by atoms with E-state index in [0.717, 1.165) is 28.2 Å². The van der Waals surface area contributed by atoms with Crippen molar-refractivity contribution in [2.24, 2.45) is 0 Å². The maximum atomic E-state index is 14.1. The van der Waals surface area contributed by atoms with Crippen LogP contribution in [-0.2, 0) is 17.9 Å². The molecule has 0 bridgehead atoms. The number of carbonyl (C=O) groups is 2. The molecule has 0 aliphatic rings. The zero-order valence-corrected chi connectivity index (χ0v) is 25.4. The minimum absolute atomic E-state index is 0.0543. The van der Waals surface area contributed by atoms with Crippen LogP contribution in [0.4, 0.5) is 10.5 Å². The number of unbranched alkanes of at least 4 members (excludes halogenated alkanes) is 1. The molecule has 0 aliphatic carbocycles. The number of ether oxygens (including phenoxy) is 2. The van der Waals surface area contributed by atoms with Crippen LogP contribution in [0.25, 0.3) is 32.6 Å². The Kier molecular flexibility index (Phi) is 9.22. The van der Waals surface area contributed by atoms with Gasteiger partial charge in [-0.05, 0) is 56.2 Å². The summed E-state index contributed by atoms with van der Waals surface area (Å²) in [5.74, 6) is -0.110. The van der Waals surface area contributed by atoms with Gasteiger partial charge in [0, 0.05) is 49.1 Å². The van der Waals surface area contributed by atoms with Crippen molar-refractivity contribution in [1.29, 1.82) is 0 Å². The third kappa shape index (κ3) is 6.13. The Morgan fingerprint density at radius 3 is 2.41 bits per heavy atom. The predicted octanol–water partition coefficient (Wildman–Crippen LogP) is 5.49. The number of para-hydroxylation sites is 3. The lowest BCUT2D eigenvalue weighted by Crippen LogP contribution is -2.30. The van der Waals surface area contributed by atoms with Crippen LogP contribution in [0.3, 0.4) is 0 Å². The maximum absolute atomic E-state index is 14.1. The van der Waals surface area contributed by atoms with Crippen LogP contribution in [0, 0.1) is 0 Å². The first-order chi connectivity index (χ1) is 21.2. The van der Waals surface area contributed by atoms with E-state index in [1.807, 2.05) is 50.2 Å². The van der Waals surface area contributed by atoms with Crippen LogP contribution < -0.4 is 19.9 Å². The van der Waals surface area contributed by atoms with Gasteiger partial charge >= 0.3 is 12.1 Å². The molecule has 0 saturated carbocycles. The van der Waals surface area contributed by atoms with E-state index in [0.29, 0.717) is 41.5 Å². The second kappa shape index (κ2) is 13.2. The van der Waals surface area contributed by atoms with Crippen molar-refractivity contribution >= 4 is 50.3 Å². The number of hydrogen-bond donors (Lipinski definition) is 1. The van der Waals surface area contributed by atoms with E-state index in [2.05, 4.69) is 4.98 Å². The molecular formula is C34H36N4O6. The number of likely N-dealkylation sites (N-methyl/N-ethyl adjacent to an activating group) is 1. The third-order valence-electron chi connectivity index (χ3n) is 7.58. The SMILES string of the molecule is CCCCC(=O)Oc1ccccc1N(C)C(=O)Oc1cc2c(=O)n(CCN(C)C)c3c4ccccc4ncc3c2cc1CO. The van der Waals surface area contributed by atoms with E-state index in [4.69, 9.17) is 9.47 Å². The fraction of sp³-hybridized carbons (Fsp3) is 0.294. The summed E-state index contributed by atoms with van der Waals surface area (Å²) in [7, 11) is 5.39. The second-order valence-corrected chi connectivity index (χ2v) is 10.9. The van der Waals surface area contributed by atoms with E-state index in [1.165, 1.54) is 18.0 Å². The van der Waals surface area contributed by atoms with Gasteiger partial charge < -0.3 is 24.0 Å². The van der Waals surface area contributed by atoms with Crippen molar-refractivity contribution in [3.63, 3.8) is 0 Å². The quantitative estimate of drug-likeness (QED) is 0.128. The van der Waals surface area contributed by atoms with Crippen LogP contribution in [0.5, 0.6) is 11.5 Å². The van der Waals surface area contributed by atoms with Crippen LogP contribution >= 0.6 is 0 Å². The zero-order valence-electron chi connectivity index (χ0n) is 25.4. The Hall–Kier alpha value is -4.80. The monoisotopic (exact) mass is 596 g/mol. The maximum Gasteiger partial charge on any atom is 0.419 e. The summed E-state index contributed by atoms with van der Waals surface area (Å²) in [6.07, 6.45) is 2.78. The molecule has 0 spiro atoms. The molecular weight excluding hydrogens is 560 g/mol. The number of nitrogens with zero attached hydrogens (tertiary/aromatic N) is 4. The van der Waals surface area contributed by atoms with Gasteiger partial charge in [0.2, 0.25) is 0 Å². The number of amides is 1. The number of carbonyl (C=O) groups excluding carboxylic acids is 2. The molecule has 1 N–H and O–H groups in total. The summed E-state index contributed by atoms with van der Waals surface area (Å²) in [4.78, 5) is 47.6. The molecule has 0 unspecified atom stereocenters.